The lowest BCUT2D eigenvalue weighted by atomic mass is 9.43. The third-order valence-corrected chi connectivity index (χ3v) is 11.2. The molecule has 0 unspecified atom stereocenters. The molecule has 172 valence electrons. The van der Waals surface area contributed by atoms with E-state index in [1.165, 1.54) is 37.7 Å². The van der Waals surface area contributed by atoms with E-state index in [1.54, 1.807) is 0 Å². The van der Waals surface area contributed by atoms with E-state index in [0.29, 0.717) is 40.9 Å². The number of aliphatic hydroxyl groups is 2. The van der Waals surface area contributed by atoms with Crippen molar-refractivity contribution in [3.8, 4) is 0 Å². The van der Waals surface area contributed by atoms with Gasteiger partial charge in [-0.2, -0.15) is 0 Å². The van der Waals surface area contributed by atoms with Gasteiger partial charge in [0.1, 0.15) is 0 Å². The third-order valence-electron chi connectivity index (χ3n) is 11.2. The smallest absolute Gasteiger partial charge is 0.0602 e. The molecule has 2 nitrogen and oxygen atoms in total. The lowest BCUT2D eigenvalue weighted by molar-refractivity contribution is -0.174. The van der Waals surface area contributed by atoms with Gasteiger partial charge >= 0.3 is 0 Å². The molecule has 0 aliphatic heterocycles. The van der Waals surface area contributed by atoms with Crippen molar-refractivity contribution in [2.24, 2.45) is 52.3 Å². The van der Waals surface area contributed by atoms with Crippen molar-refractivity contribution in [2.75, 3.05) is 0 Å². The van der Waals surface area contributed by atoms with Crippen LogP contribution in [0.1, 0.15) is 98.8 Å². The van der Waals surface area contributed by atoms with Crippen molar-refractivity contribution in [3.63, 3.8) is 0 Å². The fourth-order valence-electron chi connectivity index (χ4n) is 9.06. The molecule has 0 aromatic carbocycles. The molecule has 0 aromatic rings. The van der Waals surface area contributed by atoms with Gasteiger partial charge < -0.3 is 10.2 Å². The summed E-state index contributed by atoms with van der Waals surface area (Å²) in [4.78, 5) is 0. The van der Waals surface area contributed by atoms with Gasteiger partial charge in [0, 0.05) is 0 Å². The van der Waals surface area contributed by atoms with Gasteiger partial charge in [-0.05, 0) is 116 Å². The van der Waals surface area contributed by atoms with E-state index in [-0.39, 0.29) is 17.6 Å². The molecule has 10 atom stereocenters. The maximum atomic E-state index is 11.7. The maximum absolute atomic E-state index is 11.7. The molecule has 4 aliphatic carbocycles. The maximum Gasteiger partial charge on any atom is 0.0602 e. The van der Waals surface area contributed by atoms with Crippen LogP contribution in [0.25, 0.3) is 0 Å². The molecule has 0 radical (unpaired) electrons. The lowest BCUT2D eigenvalue weighted by Crippen LogP contribution is -2.58. The molecule has 0 saturated heterocycles. The molecule has 4 rings (SSSR count). The molecule has 30 heavy (non-hydrogen) atoms. The van der Waals surface area contributed by atoms with Crippen LogP contribution in [0.5, 0.6) is 0 Å². The van der Waals surface area contributed by atoms with Crippen LogP contribution in [0.15, 0.2) is 12.2 Å². The fraction of sp³-hybridized carbons (Fsp3) is 0.929. The van der Waals surface area contributed by atoms with E-state index in [2.05, 4.69) is 41.2 Å². The fourth-order valence-corrected chi connectivity index (χ4v) is 9.06. The molecule has 4 saturated carbocycles. The zero-order chi connectivity index (χ0) is 21.8. The second-order valence-corrected chi connectivity index (χ2v) is 12.7. The largest absolute Gasteiger partial charge is 0.393 e. The highest BCUT2D eigenvalue weighted by atomic mass is 16.3. The number of aliphatic hydroxyl groups excluding tert-OH is 2. The average molecular weight is 417 g/mol. The third kappa shape index (κ3) is 3.53. The summed E-state index contributed by atoms with van der Waals surface area (Å²) >= 11 is 0. The Labute approximate surface area is 185 Å². The van der Waals surface area contributed by atoms with Crippen LogP contribution in [0.2, 0.25) is 0 Å². The minimum absolute atomic E-state index is 0.0873. The van der Waals surface area contributed by atoms with Crippen molar-refractivity contribution in [1.29, 1.82) is 0 Å². The van der Waals surface area contributed by atoms with Crippen LogP contribution in [-0.4, -0.2) is 22.4 Å². The van der Waals surface area contributed by atoms with Crippen LogP contribution in [-0.2, 0) is 0 Å². The van der Waals surface area contributed by atoms with Crippen molar-refractivity contribution in [1.82, 2.24) is 0 Å². The molecule has 4 aliphatic rings. The Kier molecular flexibility index (Phi) is 6.26. The normalized spacial score (nSPS) is 49.3. The summed E-state index contributed by atoms with van der Waals surface area (Å²) in [6, 6.07) is 0. The quantitative estimate of drug-likeness (QED) is 0.495. The summed E-state index contributed by atoms with van der Waals surface area (Å²) in [6.07, 6.45) is 11.5. The minimum atomic E-state index is -0.158. The van der Waals surface area contributed by atoms with E-state index < -0.39 is 0 Å². The summed E-state index contributed by atoms with van der Waals surface area (Å²) in [5, 5.41) is 21.9. The van der Waals surface area contributed by atoms with Gasteiger partial charge in [-0.1, -0.05) is 46.8 Å². The number of allylic oxidation sites excluding steroid dienone is 1. The van der Waals surface area contributed by atoms with E-state index in [0.717, 1.165) is 38.0 Å². The molecule has 0 spiro atoms. The summed E-state index contributed by atoms with van der Waals surface area (Å²) in [5.74, 6) is 4.70. The Morgan fingerprint density at radius 1 is 0.967 bits per heavy atom. The molecule has 2 heteroatoms. The van der Waals surface area contributed by atoms with Crippen LogP contribution in [0.4, 0.5) is 0 Å². The van der Waals surface area contributed by atoms with Crippen molar-refractivity contribution in [3.05, 3.63) is 12.2 Å². The van der Waals surface area contributed by atoms with Gasteiger partial charge in [0.25, 0.3) is 0 Å². The zero-order valence-electron chi connectivity index (χ0n) is 20.4. The number of hydrogen-bond acceptors (Lipinski definition) is 2. The summed E-state index contributed by atoms with van der Waals surface area (Å²) in [6.45, 7) is 16.2. The summed E-state index contributed by atoms with van der Waals surface area (Å²) < 4.78 is 0. The van der Waals surface area contributed by atoms with Crippen LogP contribution in [0, 0.1) is 52.3 Å². The Balaban J connectivity index is 1.52. The monoisotopic (exact) mass is 416 g/mol. The first-order valence-corrected chi connectivity index (χ1v) is 13.1. The first kappa shape index (κ1) is 22.8. The van der Waals surface area contributed by atoms with Crippen molar-refractivity contribution in [2.45, 2.75) is 111 Å². The second kappa shape index (κ2) is 8.22. The lowest BCUT2D eigenvalue weighted by Gasteiger charge is -2.62. The van der Waals surface area contributed by atoms with E-state index in [1.807, 2.05) is 0 Å². The van der Waals surface area contributed by atoms with Gasteiger partial charge in [-0.3, -0.25) is 0 Å². The predicted molar refractivity (Wildman–Crippen MR) is 125 cm³/mol. The number of fused-ring (bicyclic) bond motifs is 5. The molecule has 0 bridgehead atoms. The highest BCUT2D eigenvalue weighted by Gasteiger charge is 2.63. The highest BCUT2D eigenvalue weighted by molar-refractivity contribution is 5.12. The van der Waals surface area contributed by atoms with E-state index in [9.17, 15) is 10.2 Å². The van der Waals surface area contributed by atoms with E-state index in [4.69, 9.17) is 0 Å². The first-order valence-electron chi connectivity index (χ1n) is 13.1. The zero-order valence-corrected chi connectivity index (χ0v) is 20.4. The average Bonchev–Trinajstić information content (AvgIpc) is 3.06. The SMILES string of the molecule is C=C(CC[C@@H](C)[C@H]1CC[C@H]2[C@@H]3CC[C@@H]4C[C@H](O)CC[C@]4(C)[C@H]3C[C@H](O)[C@]12C)C(C)C. The molecular weight excluding hydrogens is 368 g/mol. The number of hydrogen-bond donors (Lipinski definition) is 2. The van der Waals surface area contributed by atoms with Gasteiger partial charge in [-0.25, -0.2) is 0 Å². The molecule has 0 amide bonds. The molecule has 2 N–H and O–H groups in total. The topological polar surface area (TPSA) is 40.5 Å². The number of rotatable bonds is 5. The molecular formula is C28H48O2. The Morgan fingerprint density at radius 3 is 2.40 bits per heavy atom. The minimum Gasteiger partial charge on any atom is -0.393 e. The predicted octanol–water partition coefficient (Wildman–Crippen LogP) is 6.61. The van der Waals surface area contributed by atoms with Crippen molar-refractivity contribution < 1.29 is 10.2 Å². The van der Waals surface area contributed by atoms with Gasteiger partial charge in [0.15, 0.2) is 0 Å². The standard InChI is InChI=1S/C28H48O2/c1-17(2)18(3)7-8-19(4)23-11-12-24-22-10-9-20-15-21(29)13-14-27(20,5)25(22)16-26(30)28(23,24)6/h17,19-26,29-30H,3,7-16H2,1-2,4-6H3/t19-,20-,21-,22+,23-,24+,25+,26+,27+,28-/m1/s1. The van der Waals surface area contributed by atoms with Gasteiger partial charge in [0.2, 0.25) is 0 Å². The van der Waals surface area contributed by atoms with Crippen LogP contribution in [0.3, 0.4) is 0 Å². The second-order valence-electron chi connectivity index (χ2n) is 12.7. The highest BCUT2D eigenvalue weighted by Crippen LogP contribution is 2.68. The Bertz CT molecular complexity index is 641. The Hall–Kier alpha value is -0.340. The molecule has 0 aromatic heterocycles. The van der Waals surface area contributed by atoms with Crippen LogP contribution >= 0.6 is 0 Å². The first-order chi connectivity index (χ1) is 14.1. The molecule has 4 fully saturated rings. The Morgan fingerprint density at radius 2 is 1.70 bits per heavy atom. The van der Waals surface area contributed by atoms with E-state index >= 15 is 0 Å². The van der Waals surface area contributed by atoms with Gasteiger partial charge in [-0.15, -0.1) is 0 Å². The van der Waals surface area contributed by atoms with Crippen LogP contribution < -0.4 is 0 Å². The summed E-state index contributed by atoms with van der Waals surface area (Å²) in [5.41, 5.74) is 1.82. The summed E-state index contributed by atoms with van der Waals surface area (Å²) in [7, 11) is 0. The molecule has 0 heterocycles. The van der Waals surface area contributed by atoms with Gasteiger partial charge in [0.05, 0.1) is 12.2 Å². The van der Waals surface area contributed by atoms with Crippen molar-refractivity contribution >= 4 is 0 Å².